The molecule has 0 bridgehead atoms. The van der Waals surface area contributed by atoms with Crippen molar-refractivity contribution >= 4 is 21.6 Å². The Morgan fingerprint density at radius 1 is 1.25 bits per heavy atom. The van der Waals surface area contributed by atoms with Crippen LogP contribution in [0.4, 0.5) is 0 Å². The Kier molecular flexibility index (Phi) is 5.20. The van der Waals surface area contributed by atoms with Crippen molar-refractivity contribution in [3.05, 3.63) is 52.6 Å². The van der Waals surface area contributed by atoms with E-state index in [0.717, 1.165) is 43.2 Å². The van der Waals surface area contributed by atoms with Gasteiger partial charge in [-0.2, -0.15) is 4.31 Å². The molecule has 2 aliphatic rings. The van der Waals surface area contributed by atoms with Crippen molar-refractivity contribution in [1.29, 1.82) is 0 Å². The number of aryl methyl sites for hydroxylation is 1. The lowest BCUT2D eigenvalue weighted by atomic mass is 9.75. The number of likely N-dealkylation sites (N-methyl/N-ethyl adjacent to an activating group) is 1. The van der Waals surface area contributed by atoms with Crippen LogP contribution >= 0.6 is 11.6 Å². The normalized spacial score (nSPS) is 21.5. The molecule has 6 nitrogen and oxygen atoms in total. The second kappa shape index (κ2) is 7.37. The number of fused-ring (bicyclic) bond motifs is 2. The monoisotopic (exact) mass is 420 g/mol. The summed E-state index contributed by atoms with van der Waals surface area (Å²) in [4.78, 5) is 11.6. The minimum Gasteiger partial charge on any atom is -0.299 e. The van der Waals surface area contributed by atoms with Crippen LogP contribution in [0.1, 0.15) is 36.8 Å². The van der Waals surface area contributed by atoms with Crippen LogP contribution in [-0.2, 0) is 28.4 Å². The van der Waals surface area contributed by atoms with Crippen molar-refractivity contribution in [3.8, 4) is 0 Å². The van der Waals surface area contributed by atoms with E-state index in [9.17, 15) is 8.42 Å². The number of aromatic nitrogens is 2. The molecule has 2 aromatic rings. The fourth-order valence-electron chi connectivity index (χ4n) is 4.33. The molecule has 3 heterocycles. The number of nitrogens with zero attached hydrogens (tertiary/aromatic N) is 4. The molecule has 1 spiro atoms. The Hall–Kier alpha value is -1.54. The summed E-state index contributed by atoms with van der Waals surface area (Å²) in [6, 6.07) is 7.95. The molecule has 0 amide bonds. The zero-order valence-corrected chi connectivity index (χ0v) is 17.8. The third-order valence-electron chi connectivity index (χ3n) is 5.95. The van der Waals surface area contributed by atoms with E-state index in [4.69, 9.17) is 16.6 Å². The largest absolute Gasteiger partial charge is 0.299 e. The first-order valence-corrected chi connectivity index (χ1v) is 11.5. The van der Waals surface area contributed by atoms with E-state index in [2.05, 4.69) is 16.0 Å². The van der Waals surface area contributed by atoms with Crippen LogP contribution in [0.15, 0.2) is 35.4 Å². The summed E-state index contributed by atoms with van der Waals surface area (Å²) in [6.45, 7) is 5.11. The summed E-state index contributed by atoms with van der Waals surface area (Å²) < 4.78 is 27.0. The average molecular weight is 421 g/mol. The molecule has 0 atom stereocenters. The second-order valence-electron chi connectivity index (χ2n) is 7.80. The second-order valence-corrected chi connectivity index (χ2v) is 10.2. The quantitative estimate of drug-likeness (QED) is 0.763. The van der Waals surface area contributed by atoms with Crippen LogP contribution in [0.5, 0.6) is 0 Å². The zero-order valence-electron chi connectivity index (χ0n) is 16.2. The number of piperidine rings is 1. The van der Waals surface area contributed by atoms with Crippen LogP contribution in [0.2, 0.25) is 5.02 Å². The smallest absolute Gasteiger partial charge is 0.246 e. The Morgan fingerprint density at radius 3 is 2.68 bits per heavy atom. The first-order valence-electron chi connectivity index (χ1n) is 9.64. The third-order valence-corrected chi connectivity index (χ3v) is 7.98. The van der Waals surface area contributed by atoms with Gasteiger partial charge in [0.25, 0.3) is 0 Å². The van der Waals surface area contributed by atoms with Crippen molar-refractivity contribution in [2.24, 2.45) is 0 Å². The molecule has 0 N–H and O–H groups in total. The molecular weight excluding hydrogens is 396 g/mol. The fraction of sp³-hybridized carbons (Fsp3) is 0.500. The van der Waals surface area contributed by atoms with E-state index in [0.29, 0.717) is 18.8 Å². The van der Waals surface area contributed by atoms with Gasteiger partial charge in [0, 0.05) is 37.0 Å². The molecule has 1 fully saturated rings. The van der Waals surface area contributed by atoms with Crippen molar-refractivity contribution in [1.82, 2.24) is 19.2 Å². The lowest BCUT2D eigenvalue weighted by Crippen LogP contribution is -2.53. The molecular formula is C20H25ClN4O2S. The van der Waals surface area contributed by atoms with Gasteiger partial charge in [0.1, 0.15) is 10.7 Å². The maximum Gasteiger partial charge on any atom is 0.246 e. The van der Waals surface area contributed by atoms with Crippen LogP contribution in [0, 0.1) is 0 Å². The standard InChI is InChI=1S/C20H25ClN4O2S/c1-3-18-22-12-17-19(23-18)20(14-24(2)28(17,26)27)7-9-25(10-8-20)13-15-5-4-6-16(21)11-15/h4-6,11-12H,3,7-10,13-14H2,1-2H3. The van der Waals surface area contributed by atoms with E-state index in [-0.39, 0.29) is 10.3 Å². The number of hydrogen-bond donors (Lipinski definition) is 0. The van der Waals surface area contributed by atoms with Crippen LogP contribution < -0.4 is 0 Å². The summed E-state index contributed by atoms with van der Waals surface area (Å²) in [6.07, 6.45) is 3.95. The van der Waals surface area contributed by atoms with Crippen molar-refractivity contribution in [3.63, 3.8) is 0 Å². The number of rotatable bonds is 3. The summed E-state index contributed by atoms with van der Waals surface area (Å²) in [5.74, 6) is 0.708. The number of benzene rings is 1. The molecule has 0 radical (unpaired) electrons. The van der Waals surface area contributed by atoms with Gasteiger partial charge < -0.3 is 0 Å². The highest BCUT2D eigenvalue weighted by Crippen LogP contribution is 2.43. The molecule has 28 heavy (non-hydrogen) atoms. The molecule has 8 heteroatoms. The molecule has 150 valence electrons. The molecule has 0 unspecified atom stereocenters. The van der Waals surface area contributed by atoms with Gasteiger partial charge >= 0.3 is 0 Å². The summed E-state index contributed by atoms with van der Waals surface area (Å²) in [7, 11) is -1.85. The summed E-state index contributed by atoms with van der Waals surface area (Å²) in [5, 5.41) is 0.753. The maximum absolute atomic E-state index is 12.8. The van der Waals surface area contributed by atoms with Gasteiger partial charge in [0.15, 0.2) is 0 Å². The highest BCUT2D eigenvalue weighted by Gasteiger charge is 2.48. The number of sulfonamides is 1. The molecule has 1 aromatic carbocycles. The topological polar surface area (TPSA) is 66.4 Å². The predicted molar refractivity (Wildman–Crippen MR) is 109 cm³/mol. The third kappa shape index (κ3) is 3.45. The predicted octanol–water partition coefficient (Wildman–Crippen LogP) is 2.86. The van der Waals surface area contributed by atoms with Crippen LogP contribution in [0.25, 0.3) is 0 Å². The lowest BCUT2D eigenvalue weighted by molar-refractivity contribution is 0.129. The highest BCUT2D eigenvalue weighted by molar-refractivity contribution is 7.89. The van der Waals surface area contributed by atoms with Crippen LogP contribution in [0.3, 0.4) is 0 Å². The Labute approximate surface area is 171 Å². The zero-order chi connectivity index (χ0) is 19.9. The number of halogens is 1. The Bertz CT molecular complexity index is 987. The molecule has 4 rings (SSSR count). The van der Waals surface area contributed by atoms with Gasteiger partial charge in [-0.25, -0.2) is 18.4 Å². The Balaban J connectivity index is 1.61. The van der Waals surface area contributed by atoms with E-state index in [1.54, 1.807) is 7.05 Å². The van der Waals surface area contributed by atoms with Crippen molar-refractivity contribution in [2.75, 3.05) is 26.7 Å². The Morgan fingerprint density at radius 2 is 2.00 bits per heavy atom. The molecule has 1 aromatic heterocycles. The average Bonchev–Trinajstić information content (AvgIpc) is 2.68. The first-order chi connectivity index (χ1) is 13.3. The molecule has 0 saturated carbocycles. The number of likely N-dealkylation sites (tertiary alicyclic amines) is 1. The molecule has 0 aliphatic carbocycles. The summed E-state index contributed by atoms with van der Waals surface area (Å²) in [5.41, 5.74) is 1.68. The van der Waals surface area contributed by atoms with Crippen molar-refractivity contribution < 1.29 is 8.42 Å². The van der Waals surface area contributed by atoms with Gasteiger partial charge in [-0.15, -0.1) is 0 Å². The lowest BCUT2D eigenvalue weighted by Gasteiger charge is -2.46. The highest BCUT2D eigenvalue weighted by atomic mass is 35.5. The van der Waals surface area contributed by atoms with Crippen LogP contribution in [-0.4, -0.2) is 54.3 Å². The van der Waals surface area contributed by atoms with Gasteiger partial charge in [-0.05, 0) is 43.6 Å². The van der Waals surface area contributed by atoms with E-state index in [1.165, 1.54) is 16.1 Å². The summed E-state index contributed by atoms with van der Waals surface area (Å²) >= 11 is 6.11. The van der Waals surface area contributed by atoms with Gasteiger partial charge in [0.2, 0.25) is 10.0 Å². The number of hydrogen-bond acceptors (Lipinski definition) is 5. The van der Waals surface area contributed by atoms with Gasteiger partial charge in [0.05, 0.1) is 11.9 Å². The minimum absolute atomic E-state index is 0.243. The fourth-order valence-corrected chi connectivity index (χ4v) is 5.99. The van der Waals surface area contributed by atoms with Gasteiger partial charge in [-0.1, -0.05) is 30.7 Å². The first kappa shape index (κ1) is 19.8. The SMILES string of the molecule is CCc1ncc2c(n1)C1(CCN(Cc3cccc(Cl)c3)CC1)CN(C)S2(=O)=O. The minimum atomic E-state index is -3.51. The van der Waals surface area contributed by atoms with E-state index >= 15 is 0 Å². The molecule has 2 aliphatic heterocycles. The van der Waals surface area contributed by atoms with Gasteiger partial charge in [-0.3, -0.25) is 4.90 Å². The van der Waals surface area contributed by atoms with Crippen molar-refractivity contribution in [2.45, 2.75) is 43.0 Å². The maximum atomic E-state index is 12.8. The van der Waals surface area contributed by atoms with E-state index in [1.807, 2.05) is 25.1 Å². The molecule has 1 saturated heterocycles. The van der Waals surface area contributed by atoms with E-state index < -0.39 is 10.0 Å².